The summed E-state index contributed by atoms with van der Waals surface area (Å²) in [5.74, 6) is 0.214. The maximum atomic E-state index is 11.9. The smallest absolute Gasteiger partial charge is 0.295 e. The van der Waals surface area contributed by atoms with Crippen molar-refractivity contribution in [3.05, 3.63) is 41.5 Å². The molecule has 0 spiro atoms. The molecule has 2 aromatic rings. The largest absolute Gasteiger partial charge is 0.330 e. The first-order valence-corrected chi connectivity index (χ1v) is 10.3. The molecule has 0 saturated heterocycles. The van der Waals surface area contributed by atoms with E-state index in [1.165, 1.54) is 12.8 Å². The molecule has 0 atom stereocenters. The van der Waals surface area contributed by atoms with Crippen LogP contribution < -0.4 is 5.73 Å². The third-order valence-corrected chi connectivity index (χ3v) is 5.04. The number of benzene rings is 2. The van der Waals surface area contributed by atoms with Crippen molar-refractivity contribution in [2.75, 3.05) is 6.54 Å². The van der Waals surface area contributed by atoms with Crippen LogP contribution in [-0.2, 0) is 10.1 Å². The molecule has 3 N–H and O–H groups in total. The lowest BCUT2D eigenvalue weighted by Gasteiger charge is -2.21. The maximum Gasteiger partial charge on any atom is 0.295 e. The summed E-state index contributed by atoms with van der Waals surface area (Å²) < 4.78 is 33.5. The van der Waals surface area contributed by atoms with Crippen molar-refractivity contribution in [3.8, 4) is 0 Å². The zero-order valence-electron chi connectivity index (χ0n) is 15.9. The number of hydrogen-bond donors (Lipinski definition) is 2. The number of hydrogen-bond acceptors (Lipinski definition) is 3. The van der Waals surface area contributed by atoms with E-state index in [1.54, 1.807) is 12.1 Å². The molecule has 0 fully saturated rings. The van der Waals surface area contributed by atoms with Crippen LogP contribution in [0.3, 0.4) is 0 Å². The molecule has 2 rings (SSSR count). The minimum Gasteiger partial charge on any atom is -0.330 e. The predicted octanol–water partition coefficient (Wildman–Crippen LogP) is 5.08. The summed E-state index contributed by atoms with van der Waals surface area (Å²) >= 11 is 0. The van der Waals surface area contributed by atoms with E-state index in [4.69, 9.17) is 5.73 Å². The fourth-order valence-corrected chi connectivity index (χ4v) is 4.00. The Morgan fingerprint density at radius 1 is 1.08 bits per heavy atom. The second-order valence-corrected chi connectivity index (χ2v) is 8.21. The van der Waals surface area contributed by atoms with Gasteiger partial charge in [0, 0.05) is 5.39 Å². The van der Waals surface area contributed by atoms with Gasteiger partial charge in [-0.1, -0.05) is 71.4 Å². The van der Waals surface area contributed by atoms with Crippen LogP contribution in [0.5, 0.6) is 0 Å². The summed E-state index contributed by atoms with van der Waals surface area (Å²) in [5, 5.41) is 1.43. The Bertz CT molecular complexity index is 794. The van der Waals surface area contributed by atoms with Crippen molar-refractivity contribution in [3.63, 3.8) is 0 Å². The zero-order chi connectivity index (χ0) is 19.2. The molecule has 0 saturated carbocycles. The van der Waals surface area contributed by atoms with E-state index < -0.39 is 10.1 Å². The Hall–Kier alpha value is -1.43. The molecule has 5 heteroatoms. The average molecular weight is 366 g/mol. The van der Waals surface area contributed by atoms with Crippen LogP contribution in [-0.4, -0.2) is 19.5 Å². The number of fused-ring (bicyclic) bond motifs is 1. The molecule has 140 valence electrons. The summed E-state index contributed by atoms with van der Waals surface area (Å²) in [6.45, 7) is 10.9. The van der Waals surface area contributed by atoms with E-state index >= 15 is 0 Å². The van der Waals surface area contributed by atoms with Crippen LogP contribution in [0, 0.1) is 0 Å². The molecular weight excluding hydrogens is 334 g/mol. The SMILES string of the molecule is CC(C)c1cc2ccccc2c(S(=O)(=O)O)c1C(C)C.CCCCN. The number of unbranched alkanes of at least 4 members (excludes halogenated alkanes) is 1. The molecule has 0 aliphatic rings. The summed E-state index contributed by atoms with van der Waals surface area (Å²) in [7, 11) is -4.26. The van der Waals surface area contributed by atoms with Crippen molar-refractivity contribution in [2.45, 2.75) is 64.2 Å². The van der Waals surface area contributed by atoms with Crippen molar-refractivity contribution >= 4 is 20.9 Å². The molecule has 0 amide bonds. The van der Waals surface area contributed by atoms with Crippen molar-refractivity contribution < 1.29 is 13.0 Å². The lowest BCUT2D eigenvalue weighted by atomic mass is 9.88. The van der Waals surface area contributed by atoms with Gasteiger partial charge in [0.15, 0.2) is 0 Å². The number of nitrogens with two attached hydrogens (primary N) is 1. The highest BCUT2D eigenvalue weighted by molar-refractivity contribution is 7.86. The maximum absolute atomic E-state index is 11.9. The van der Waals surface area contributed by atoms with Gasteiger partial charge in [0.1, 0.15) is 4.90 Å². The summed E-state index contributed by atoms with van der Waals surface area (Å²) in [5.41, 5.74) is 6.84. The molecular formula is C20H31NO3S. The fraction of sp³-hybridized carbons (Fsp3) is 0.500. The van der Waals surface area contributed by atoms with Crippen molar-refractivity contribution in [2.24, 2.45) is 5.73 Å². The first-order valence-electron chi connectivity index (χ1n) is 8.88. The van der Waals surface area contributed by atoms with Gasteiger partial charge >= 0.3 is 0 Å². The highest BCUT2D eigenvalue weighted by atomic mass is 32.2. The molecule has 0 aliphatic heterocycles. The van der Waals surface area contributed by atoms with Crippen molar-refractivity contribution in [1.82, 2.24) is 0 Å². The van der Waals surface area contributed by atoms with Gasteiger partial charge in [-0.25, -0.2) is 0 Å². The highest BCUT2D eigenvalue weighted by Gasteiger charge is 2.25. The van der Waals surface area contributed by atoms with Gasteiger partial charge < -0.3 is 5.73 Å². The second-order valence-electron chi connectivity index (χ2n) is 6.86. The first-order chi connectivity index (χ1) is 11.6. The van der Waals surface area contributed by atoms with E-state index in [2.05, 4.69) is 6.92 Å². The van der Waals surface area contributed by atoms with Crippen LogP contribution in [0.2, 0.25) is 0 Å². The normalized spacial score (nSPS) is 11.7. The molecule has 0 heterocycles. The van der Waals surface area contributed by atoms with Gasteiger partial charge in [-0.3, -0.25) is 4.55 Å². The van der Waals surface area contributed by atoms with E-state index in [9.17, 15) is 13.0 Å². The third-order valence-electron chi connectivity index (χ3n) is 4.09. The van der Waals surface area contributed by atoms with E-state index in [1.807, 2.05) is 45.9 Å². The van der Waals surface area contributed by atoms with Crippen molar-refractivity contribution in [1.29, 1.82) is 0 Å². The molecule has 0 aromatic heterocycles. The van der Waals surface area contributed by atoms with E-state index in [0.717, 1.165) is 23.1 Å². The molecule has 0 radical (unpaired) electrons. The Morgan fingerprint density at radius 2 is 1.68 bits per heavy atom. The number of rotatable bonds is 5. The Kier molecular flexibility index (Phi) is 8.06. The monoisotopic (exact) mass is 365 g/mol. The minimum absolute atomic E-state index is 0.0222. The average Bonchev–Trinajstić information content (AvgIpc) is 2.53. The van der Waals surface area contributed by atoms with E-state index in [0.29, 0.717) is 5.39 Å². The van der Waals surface area contributed by atoms with Gasteiger partial charge in [-0.2, -0.15) is 8.42 Å². The van der Waals surface area contributed by atoms with E-state index in [-0.39, 0.29) is 16.7 Å². The molecule has 0 unspecified atom stereocenters. The second kappa shape index (κ2) is 9.32. The Balaban J connectivity index is 0.000000550. The van der Waals surface area contributed by atoms with Crippen LogP contribution in [0.25, 0.3) is 10.8 Å². The lowest BCUT2D eigenvalue weighted by Crippen LogP contribution is -2.10. The summed E-state index contributed by atoms with van der Waals surface area (Å²) in [6, 6.07) is 9.31. The summed E-state index contributed by atoms with van der Waals surface area (Å²) in [6.07, 6.45) is 2.39. The first kappa shape index (κ1) is 21.6. The standard InChI is InChI=1S/C16H20O3S.C4H11N/c1-10(2)14-9-12-7-5-6-8-13(12)16(20(17,18)19)15(14)11(3)4;1-2-3-4-5/h5-11H,1-4H3,(H,17,18,19);2-5H2,1H3. The predicted molar refractivity (Wildman–Crippen MR) is 106 cm³/mol. The van der Waals surface area contributed by atoms with Crippen LogP contribution in [0.4, 0.5) is 0 Å². The fourth-order valence-electron chi connectivity index (χ4n) is 2.91. The quantitative estimate of drug-likeness (QED) is 0.724. The highest BCUT2D eigenvalue weighted by Crippen LogP contribution is 2.37. The lowest BCUT2D eigenvalue weighted by molar-refractivity contribution is 0.482. The van der Waals surface area contributed by atoms with Crippen LogP contribution >= 0.6 is 0 Å². The molecule has 0 bridgehead atoms. The third kappa shape index (κ3) is 5.53. The van der Waals surface area contributed by atoms with Gasteiger partial charge in [0.2, 0.25) is 0 Å². The van der Waals surface area contributed by atoms with Crippen LogP contribution in [0.15, 0.2) is 35.2 Å². The van der Waals surface area contributed by atoms with Gasteiger partial charge in [-0.05, 0) is 41.3 Å². The molecule has 2 aromatic carbocycles. The van der Waals surface area contributed by atoms with Gasteiger partial charge in [-0.15, -0.1) is 0 Å². The topological polar surface area (TPSA) is 80.4 Å². The molecule has 0 aliphatic carbocycles. The van der Waals surface area contributed by atoms with Crippen LogP contribution in [0.1, 0.15) is 70.4 Å². The van der Waals surface area contributed by atoms with Gasteiger partial charge in [0.25, 0.3) is 10.1 Å². The molecule has 25 heavy (non-hydrogen) atoms. The summed E-state index contributed by atoms with van der Waals surface area (Å²) in [4.78, 5) is 0.0642. The zero-order valence-corrected chi connectivity index (χ0v) is 16.7. The van der Waals surface area contributed by atoms with Gasteiger partial charge in [0.05, 0.1) is 0 Å². The minimum atomic E-state index is -4.26. The Morgan fingerprint density at radius 3 is 2.08 bits per heavy atom. The Labute approximate surface area is 152 Å². The molecule has 4 nitrogen and oxygen atoms in total.